The summed E-state index contributed by atoms with van der Waals surface area (Å²) < 4.78 is 11.0. The smallest absolute Gasteiger partial charge is 0.122 e. The van der Waals surface area contributed by atoms with Crippen LogP contribution in [0.5, 0.6) is 5.75 Å². The first kappa shape index (κ1) is 14.3. The van der Waals surface area contributed by atoms with Crippen LogP contribution in [0.3, 0.4) is 0 Å². The molecule has 0 aliphatic rings. The molecule has 1 aromatic rings. The van der Waals surface area contributed by atoms with Crippen molar-refractivity contribution in [2.75, 3.05) is 19.8 Å². The molecule has 1 aromatic carbocycles. The van der Waals surface area contributed by atoms with E-state index in [9.17, 15) is 0 Å². The Morgan fingerprint density at radius 1 is 1.35 bits per heavy atom. The number of hydrogen-bond donors (Lipinski definition) is 1. The lowest BCUT2D eigenvalue weighted by molar-refractivity contribution is 0.0895. The molecule has 1 unspecified atom stereocenters. The van der Waals surface area contributed by atoms with Gasteiger partial charge in [0, 0.05) is 11.1 Å². The molecular weight excluding hydrogens is 238 g/mol. The van der Waals surface area contributed by atoms with Crippen molar-refractivity contribution in [2.24, 2.45) is 5.73 Å². The quantitative estimate of drug-likeness (QED) is 0.764. The predicted molar refractivity (Wildman–Crippen MR) is 70.8 cm³/mol. The fourth-order valence-electron chi connectivity index (χ4n) is 1.34. The molecule has 0 aliphatic carbocycles. The molecule has 1 atom stereocenters. The number of halogens is 1. The van der Waals surface area contributed by atoms with Crippen molar-refractivity contribution in [3.05, 3.63) is 28.8 Å². The van der Waals surface area contributed by atoms with Crippen LogP contribution in [0, 0.1) is 6.92 Å². The van der Waals surface area contributed by atoms with Crippen LogP contribution in [-0.4, -0.2) is 25.9 Å². The zero-order valence-electron chi connectivity index (χ0n) is 10.4. The minimum atomic E-state index is 0.118. The number of hydrogen-bond acceptors (Lipinski definition) is 3. The summed E-state index contributed by atoms with van der Waals surface area (Å²) in [4.78, 5) is 0. The van der Waals surface area contributed by atoms with Gasteiger partial charge in [0.05, 0.1) is 13.2 Å². The Balaban J connectivity index is 2.22. The Bertz CT molecular complexity index is 344. The third-order valence-electron chi connectivity index (χ3n) is 2.48. The molecule has 4 heteroatoms. The summed E-state index contributed by atoms with van der Waals surface area (Å²) in [5, 5.41) is 0.722. The van der Waals surface area contributed by atoms with Gasteiger partial charge in [0.1, 0.15) is 12.4 Å². The fourth-order valence-corrected chi connectivity index (χ4v) is 1.56. The Morgan fingerprint density at radius 3 is 2.76 bits per heavy atom. The maximum absolute atomic E-state index is 5.86. The average Bonchev–Trinajstić information content (AvgIpc) is 2.30. The van der Waals surface area contributed by atoms with E-state index in [1.54, 1.807) is 0 Å². The van der Waals surface area contributed by atoms with Gasteiger partial charge in [-0.3, -0.25) is 0 Å². The van der Waals surface area contributed by atoms with Crippen molar-refractivity contribution < 1.29 is 9.47 Å². The van der Waals surface area contributed by atoms with E-state index < -0.39 is 0 Å². The van der Waals surface area contributed by atoms with Gasteiger partial charge in [0.15, 0.2) is 0 Å². The molecular formula is C13H20ClNO2. The maximum Gasteiger partial charge on any atom is 0.122 e. The average molecular weight is 258 g/mol. The molecule has 1 rings (SSSR count). The Morgan fingerprint density at radius 2 is 2.12 bits per heavy atom. The Labute approximate surface area is 108 Å². The van der Waals surface area contributed by atoms with Gasteiger partial charge >= 0.3 is 0 Å². The molecule has 0 saturated carbocycles. The van der Waals surface area contributed by atoms with E-state index in [4.69, 9.17) is 26.8 Å². The molecule has 0 fully saturated rings. The van der Waals surface area contributed by atoms with Crippen molar-refractivity contribution in [3.8, 4) is 5.75 Å². The summed E-state index contributed by atoms with van der Waals surface area (Å²) in [6.07, 6.45) is 0.928. The van der Waals surface area contributed by atoms with E-state index in [-0.39, 0.29) is 6.04 Å². The van der Waals surface area contributed by atoms with E-state index in [2.05, 4.69) is 0 Å². The van der Waals surface area contributed by atoms with Gasteiger partial charge in [0.25, 0.3) is 0 Å². The van der Waals surface area contributed by atoms with Crippen LogP contribution in [-0.2, 0) is 4.74 Å². The lowest BCUT2D eigenvalue weighted by atomic mass is 10.2. The highest BCUT2D eigenvalue weighted by Gasteiger charge is 2.01. The second-order valence-corrected chi connectivity index (χ2v) is 4.44. The highest BCUT2D eigenvalue weighted by Crippen LogP contribution is 2.21. The second kappa shape index (κ2) is 7.54. The molecule has 3 nitrogen and oxygen atoms in total. The molecule has 0 amide bonds. The summed E-state index contributed by atoms with van der Waals surface area (Å²) in [6.45, 7) is 5.67. The van der Waals surface area contributed by atoms with Crippen molar-refractivity contribution in [1.82, 2.24) is 0 Å². The largest absolute Gasteiger partial charge is 0.491 e. The van der Waals surface area contributed by atoms with Crippen LogP contribution in [0.25, 0.3) is 0 Å². The van der Waals surface area contributed by atoms with Crippen molar-refractivity contribution in [1.29, 1.82) is 0 Å². The standard InChI is InChI=1S/C13H20ClNO2/c1-3-12(15)9-16-6-7-17-13-5-4-11(14)8-10(13)2/h4-5,8,12H,3,6-7,9,15H2,1-2H3. The molecule has 0 spiro atoms. The number of rotatable bonds is 7. The Kier molecular flexibility index (Phi) is 6.34. The number of benzene rings is 1. The zero-order valence-corrected chi connectivity index (χ0v) is 11.2. The zero-order chi connectivity index (χ0) is 12.7. The third-order valence-corrected chi connectivity index (χ3v) is 2.71. The summed E-state index contributed by atoms with van der Waals surface area (Å²) in [6, 6.07) is 5.69. The molecule has 0 bridgehead atoms. The maximum atomic E-state index is 5.86. The van der Waals surface area contributed by atoms with Crippen LogP contribution in [0.2, 0.25) is 5.02 Å². The van der Waals surface area contributed by atoms with E-state index in [0.29, 0.717) is 19.8 Å². The summed E-state index contributed by atoms with van der Waals surface area (Å²) in [5.41, 5.74) is 6.76. The van der Waals surface area contributed by atoms with Gasteiger partial charge in [-0.2, -0.15) is 0 Å². The molecule has 0 heterocycles. The van der Waals surface area contributed by atoms with Gasteiger partial charge in [0.2, 0.25) is 0 Å². The molecule has 0 aromatic heterocycles. The lowest BCUT2D eigenvalue weighted by Crippen LogP contribution is -2.26. The van der Waals surface area contributed by atoms with Gasteiger partial charge in [-0.15, -0.1) is 0 Å². The predicted octanol–water partition coefficient (Wildman–Crippen LogP) is 2.78. The van der Waals surface area contributed by atoms with E-state index in [1.165, 1.54) is 0 Å². The van der Waals surface area contributed by atoms with Crippen molar-refractivity contribution in [2.45, 2.75) is 26.3 Å². The molecule has 96 valence electrons. The summed E-state index contributed by atoms with van der Waals surface area (Å²) in [7, 11) is 0. The van der Waals surface area contributed by atoms with E-state index in [1.807, 2.05) is 32.0 Å². The van der Waals surface area contributed by atoms with E-state index in [0.717, 1.165) is 22.8 Å². The highest BCUT2D eigenvalue weighted by molar-refractivity contribution is 6.30. The number of nitrogens with two attached hydrogens (primary N) is 1. The van der Waals surface area contributed by atoms with Crippen molar-refractivity contribution >= 4 is 11.6 Å². The summed E-state index contributed by atoms with van der Waals surface area (Å²) in [5.74, 6) is 0.845. The molecule has 2 N–H and O–H groups in total. The SMILES string of the molecule is CCC(N)COCCOc1ccc(Cl)cc1C. The van der Waals surface area contributed by atoms with Crippen LogP contribution >= 0.6 is 11.6 Å². The number of aryl methyl sites for hydroxylation is 1. The number of ether oxygens (including phenoxy) is 2. The highest BCUT2D eigenvalue weighted by atomic mass is 35.5. The van der Waals surface area contributed by atoms with Crippen molar-refractivity contribution in [3.63, 3.8) is 0 Å². The van der Waals surface area contributed by atoms with Gasteiger partial charge < -0.3 is 15.2 Å². The monoisotopic (exact) mass is 257 g/mol. The first-order valence-corrected chi connectivity index (χ1v) is 6.23. The minimum Gasteiger partial charge on any atom is -0.491 e. The molecule has 0 aliphatic heterocycles. The first-order valence-electron chi connectivity index (χ1n) is 5.85. The second-order valence-electron chi connectivity index (χ2n) is 4.00. The van der Waals surface area contributed by atoms with Gasteiger partial charge in [-0.25, -0.2) is 0 Å². The third kappa shape index (κ3) is 5.39. The van der Waals surface area contributed by atoms with Gasteiger partial charge in [-0.1, -0.05) is 18.5 Å². The Hall–Kier alpha value is -0.770. The van der Waals surface area contributed by atoms with Gasteiger partial charge in [-0.05, 0) is 37.1 Å². The van der Waals surface area contributed by atoms with Crippen LogP contribution in [0.1, 0.15) is 18.9 Å². The first-order chi connectivity index (χ1) is 8.13. The minimum absolute atomic E-state index is 0.118. The van der Waals surface area contributed by atoms with E-state index >= 15 is 0 Å². The van der Waals surface area contributed by atoms with Crippen LogP contribution < -0.4 is 10.5 Å². The molecule has 0 radical (unpaired) electrons. The lowest BCUT2D eigenvalue weighted by Gasteiger charge is -2.11. The van der Waals surface area contributed by atoms with Crippen LogP contribution in [0.4, 0.5) is 0 Å². The molecule has 17 heavy (non-hydrogen) atoms. The summed E-state index contributed by atoms with van der Waals surface area (Å²) >= 11 is 5.86. The molecule has 0 saturated heterocycles. The normalized spacial score (nSPS) is 12.5. The topological polar surface area (TPSA) is 44.5 Å². The van der Waals surface area contributed by atoms with Crippen LogP contribution in [0.15, 0.2) is 18.2 Å². The fraction of sp³-hybridized carbons (Fsp3) is 0.538.